The summed E-state index contributed by atoms with van der Waals surface area (Å²) in [6, 6.07) is 19.1. The van der Waals surface area contributed by atoms with Gasteiger partial charge >= 0.3 is 0 Å². The van der Waals surface area contributed by atoms with E-state index in [1.54, 1.807) is 0 Å². The van der Waals surface area contributed by atoms with E-state index in [-0.39, 0.29) is 11.8 Å². The third-order valence-electron chi connectivity index (χ3n) is 4.31. The molecule has 0 unspecified atom stereocenters. The third kappa shape index (κ3) is 2.80. The molecule has 1 aromatic heterocycles. The number of aromatic nitrogens is 2. The molecule has 1 aliphatic heterocycles. The molecule has 1 aliphatic rings. The molecule has 0 aliphatic carbocycles. The van der Waals surface area contributed by atoms with E-state index in [2.05, 4.69) is 10.2 Å². The van der Waals surface area contributed by atoms with Gasteiger partial charge < -0.3 is 9.32 Å². The minimum atomic E-state index is 0.0564. The van der Waals surface area contributed by atoms with E-state index < -0.39 is 0 Å². The lowest BCUT2D eigenvalue weighted by Crippen LogP contribution is -2.28. The van der Waals surface area contributed by atoms with Gasteiger partial charge in [0, 0.05) is 24.2 Å². The molecule has 1 fully saturated rings. The molecule has 0 spiro atoms. The average Bonchev–Trinajstić information content (AvgIpc) is 3.32. The molecule has 1 saturated heterocycles. The number of nitrogens with zero attached hydrogens (tertiary/aromatic N) is 3. The Labute approximate surface area is 139 Å². The fourth-order valence-corrected chi connectivity index (χ4v) is 3.01. The van der Waals surface area contributed by atoms with Crippen LogP contribution in [0, 0.1) is 0 Å². The van der Waals surface area contributed by atoms with Crippen molar-refractivity contribution < 1.29 is 9.21 Å². The van der Waals surface area contributed by atoms with Crippen LogP contribution in [0.3, 0.4) is 0 Å². The summed E-state index contributed by atoms with van der Waals surface area (Å²) >= 11 is 0. The fraction of sp³-hybridized carbons (Fsp3) is 0.211. The first-order valence-electron chi connectivity index (χ1n) is 8.04. The van der Waals surface area contributed by atoms with Gasteiger partial charge in [0.25, 0.3) is 5.91 Å². The first kappa shape index (κ1) is 14.6. The Kier molecular flexibility index (Phi) is 3.83. The Bertz CT molecular complexity index is 830. The van der Waals surface area contributed by atoms with Crippen molar-refractivity contribution in [3.63, 3.8) is 0 Å². The molecule has 2 aromatic carbocycles. The van der Waals surface area contributed by atoms with Crippen LogP contribution in [0.4, 0.5) is 0 Å². The van der Waals surface area contributed by atoms with E-state index in [0.717, 1.165) is 12.0 Å². The average molecular weight is 319 g/mol. The predicted molar refractivity (Wildman–Crippen MR) is 89.4 cm³/mol. The van der Waals surface area contributed by atoms with Gasteiger partial charge in [-0.1, -0.05) is 36.4 Å². The molecule has 4 rings (SSSR count). The second kappa shape index (κ2) is 6.28. The van der Waals surface area contributed by atoms with Crippen LogP contribution in [-0.2, 0) is 0 Å². The van der Waals surface area contributed by atoms with Crippen molar-refractivity contribution in [1.82, 2.24) is 15.1 Å². The van der Waals surface area contributed by atoms with Crippen LogP contribution < -0.4 is 0 Å². The van der Waals surface area contributed by atoms with Crippen molar-refractivity contribution in [2.75, 3.05) is 13.1 Å². The number of carbonyl (C=O) groups is 1. The number of benzene rings is 2. The number of rotatable bonds is 3. The second-order valence-corrected chi connectivity index (χ2v) is 5.91. The van der Waals surface area contributed by atoms with Crippen LogP contribution in [0.2, 0.25) is 0 Å². The van der Waals surface area contributed by atoms with E-state index in [4.69, 9.17) is 4.42 Å². The van der Waals surface area contributed by atoms with Crippen LogP contribution in [0.5, 0.6) is 0 Å². The molecule has 0 N–H and O–H groups in total. The van der Waals surface area contributed by atoms with Crippen LogP contribution in [0.1, 0.15) is 28.6 Å². The third-order valence-corrected chi connectivity index (χ3v) is 4.31. The molecule has 1 atom stereocenters. The van der Waals surface area contributed by atoms with Crippen LogP contribution in [0.15, 0.2) is 65.1 Å². The van der Waals surface area contributed by atoms with Gasteiger partial charge in [-0.25, -0.2) is 0 Å². The van der Waals surface area contributed by atoms with Gasteiger partial charge in [-0.2, -0.15) is 0 Å². The highest BCUT2D eigenvalue weighted by atomic mass is 16.4. The molecule has 0 bridgehead atoms. The molecule has 0 saturated carbocycles. The normalized spacial score (nSPS) is 17.2. The SMILES string of the molecule is O=C(c1ccccc1)N1CC[C@H](c2nnc(-c3ccccc3)o2)C1. The van der Waals surface area contributed by atoms with Gasteiger partial charge in [0.2, 0.25) is 11.8 Å². The number of hydrogen-bond donors (Lipinski definition) is 0. The van der Waals surface area contributed by atoms with E-state index in [1.807, 2.05) is 65.6 Å². The molecule has 2 heterocycles. The number of likely N-dealkylation sites (tertiary alicyclic amines) is 1. The van der Waals surface area contributed by atoms with Crippen molar-refractivity contribution in [2.24, 2.45) is 0 Å². The Morgan fingerprint density at radius 2 is 1.71 bits per heavy atom. The summed E-state index contributed by atoms with van der Waals surface area (Å²) in [5.74, 6) is 1.29. The molecule has 5 heteroatoms. The summed E-state index contributed by atoms with van der Waals surface area (Å²) in [5.41, 5.74) is 1.63. The summed E-state index contributed by atoms with van der Waals surface area (Å²) < 4.78 is 5.83. The van der Waals surface area contributed by atoms with Crippen molar-refractivity contribution in [1.29, 1.82) is 0 Å². The highest BCUT2D eigenvalue weighted by Gasteiger charge is 2.31. The number of carbonyl (C=O) groups excluding carboxylic acids is 1. The van der Waals surface area contributed by atoms with E-state index in [1.165, 1.54) is 0 Å². The van der Waals surface area contributed by atoms with Gasteiger partial charge in [-0.05, 0) is 30.7 Å². The first-order chi connectivity index (χ1) is 11.8. The van der Waals surface area contributed by atoms with Crippen LogP contribution in [0.25, 0.3) is 11.5 Å². The molecule has 24 heavy (non-hydrogen) atoms. The standard InChI is InChI=1S/C19H17N3O2/c23-19(15-9-5-2-6-10-15)22-12-11-16(13-22)18-21-20-17(24-18)14-7-3-1-4-8-14/h1-10,16H,11-13H2/t16-/m0/s1. The van der Waals surface area contributed by atoms with E-state index >= 15 is 0 Å². The van der Waals surface area contributed by atoms with Crippen molar-refractivity contribution >= 4 is 5.91 Å². The molecule has 3 aromatic rings. The number of hydrogen-bond acceptors (Lipinski definition) is 4. The minimum Gasteiger partial charge on any atom is -0.420 e. The Morgan fingerprint density at radius 3 is 2.46 bits per heavy atom. The quantitative estimate of drug-likeness (QED) is 0.742. The fourth-order valence-electron chi connectivity index (χ4n) is 3.01. The first-order valence-corrected chi connectivity index (χ1v) is 8.04. The lowest BCUT2D eigenvalue weighted by Gasteiger charge is -2.15. The molecule has 1 amide bonds. The second-order valence-electron chi connectivity index (χ2n) is 5.91. The maximum absolute atomic E-state index is 12.5. The molecular weight excluding hydrogens is 302 g/mol. The van der Waals surface area contributed by atoms with Gasteiger partial charge in [0.1, 0.15) is 0 Å². The van der Waals surface area contributed by atoms with Crippen molar-refractivity contribution in [3.8, 4) is 11.5 Å². The highest BCUT2D eigenvalue weighted by molar-refractivity contribution is 5.94. The topological polar surface area (TPSA) is 59.2 Å². The lowest BCUT2D eigenvalue weighted by atomic mass is 10.1. The minimum absolute atomic E-state index is 0.0564. The zero-order valence-corrected chi connectivity index (χ0v) is 13.1. The monoisotopic (exact) mass is 319 g/mol. The zero-order valence-electron chi connectivity index (χ0n) is 13.1. The zero-order chi connectivity index (χ0) is 16.4. The Hall–Kier alpha value is -2.95. The maximum Gasteiger partial charge on any atom is 0.253 e. The van der Waals surface area contributed by atoms with Crippen LogP contribution >= 0.6 is 0 Å². The van der Waals surface area contributed by atoms with Crippen molar-refractivity contribution in [3.05, 3.63) is 72.1 Å². The largest absolute Gasteiger partial charge is 0.420 e. The molecule has 120 valence electrons. The van der Waals surface area contributed by atoms with Gasteiger partial charge in [0.15, 0.2) is 0 Å². The van der Waals surface area contributed by atoms with Crippen molar-refractivity contribution in [2.45, 2.75) is 12.3 Å². The Balaban J connectivity index is 1.48. The summed E-state index contributed by atoms with van der Waals surface area (Å²) in [7, 11) is 0. The predicted octanol–water partition coefficient (Wildman–Crippen LogP) is 3.37. The summed E-state index contributed by atoms with van der Waals surface area (Å²) in [4.78, 5) is 14.4. The number of amides is 1. The molecule has 5 nitrogen and oxygen atoms in total. The highest BCUT2D eigenvalue weighted by Crippen LogP contribution is 2.29. The van der Waals surface area contributed by atoms with E-state index in [0.29, 0.717) is 30.4 Å². The van der Waals surface area contributed by atoms with Gasteiger partial charge in [-0.3, -0.25) is 4.79 Å². The van der Waals surface area contributed by atoms with Crippen LogP contribution in [-0.4, -0.2) is 34.1 Å². The van der Waals surface area contributed by atoms with Gasteiger partial charge in [0.05, 0.1) is 5.92 Å². The lowest BCUT2D eigenvalue weighted by molar-refractivity contribution is 0.0790. The summed E-state index contributed by atoms with van der Waals surface area (Å²) in [6.45, 7) is 1.32. The maximum atomic E-state index is 12.5. The summed E-state index contributed by atoms with van der Waals surface area (Å²) in [5, 5.41) is 8.33. The smallest absolute Gasteiger partial charge is 0.253 e. The summed E-state index contributed by atoms with van der Waals surface area (Å²) in [6.07, 6.45) is 0.842. The molecular formula is C19H17N3O2. The van der Waals surface area contributed by atoms with E-state index in [9.17, 15) is 4.79 Å². The van der Waals surface area contributed by atoms with Gasteiger partial charge in [-0.15, -0.1) is 10.2 Å². The Morgan fingerprint density at radius 1 is 1.00 bits per heavy atom. The molecule has 0 radical (unpaired) electrons.